The SMILES string of the molecule is CC(=O)O[C@H]1C=CCCCCC1. The highest BCUT2D eigenvalue weighted by Gasteiger charge is 2.08. The fourth-order valence-corrected chi connectivity index (χ4v) is 1.44. The van der Waals surface area contributed by atoms with Crippen LogP contribution in [0.4, 0.5) is 0 Å². The fourth-order valence-electron chi connectivity index (χ4n) is 1.44. The number of esters is 1. The van der Waals surface area contributed by atoms with Crippen molar-refractivity contribution in [2.24, 2.45) is 0 Å². The first-order chi connectivity index (χ1) is 5.79. The second kappa shape index (κ2) is 4.96. The molecule has 1 rings (SSSR count). The molecule has 1 aliphatic carbocycles. The van der Waals surface area contributed by atoms with E-state index in [-0.39, 0.29) is 12.1 Å². The standard InChI is InChI=1S/C10H16O2/c1-9(11)12-10-7-5-3-2-4-6-8-10/h5,7,10H,2-4,6,8H2,1H3/t10-/m0/s1. The number of ether oxygens (including phenoxy) is 1. The predicted molar refractivity (Wildman–Crippen MR) is 47.8 cm³/mol. The predicted octanol–water partition coefficient (Wildman–Crippen LogP) is 2.44. The first-order valence-corrected chi connectivity index (χ1v) is 4.63. The van der Waals surface area contributed by atoms with Crippen molar-refractivity contribution >= 4 is 5.97 Å². The number of allylic oxidation sites excluding steroid dienone is 1. The van der Waals surface area contributed by atoms with Gasteiger partial charge in [-0.1, -0.05) is 12.5 Å². The lowest BCUT2D eigenvalue weighted by atomic mass is 10.0. The van der Waals surface area contributed by atoms with E-state index in [2.05, 4.69) is 6.08 Å². The van der Waals surface area contributed by atoms with E-state index < -0.39 is 0 Å². The molecule has 0 aromatic rings. The molecule has 12 heavy (non-hydrogen) atoms. The van der Waals surface area contributed by atoms with Crippen LogP contribution in [0.2, 0.25) is 0 Å². The van der Waals surface area contributed by atoms with Crippen LogP contribution in [-0.2, 0) is 9.53 Å². The lowest BCUT2D eigenvalue weighted by Crippen LogP contribution is -2.14. The van der Waals surface area contributed by atoms with E-state index in [0.29, 0.717) is 0 Å². The maximum absolute atomic E-state index is 10.7. The third-order valence-electron chi connectivity index (χ3n) is 2.03. The molecule has 0 aromatic carbocycles. The molecule has 68 valence electrons. The third-order valence-corrected chi connectivity index (χ3v) is 2.03. The first kappa shape index (κ1) is 9.30. The highest BCUT2D eigenvalue weighted by Crippen LogP contribution is 2.13. The summed E-state index contributed by atoms with van der Waals surface area (Å²) in [5.74, 6) is -0.176. The van der Waals surface area contributed by atoms with E-state index in [0.717, 1.165) is 12.8 Å². The van der Waals surface area contributed by atoms with Crippen molar-refractivity contribution in [3.05, 3.63) is 12.2 Å². The summed E-state index contributed by atoms with van der Waals surface area (Å²) in [6, 6.07) is 0. The molecule has 0 saturated heterocycles. The summed E-state index contributed by atoms with van der Waals surface area (Å²) in [5.41, 5.74) is 0. The molecule has 0 spiro atoms. The number of carbonyl (C=O) groups excluding carboxylic acids is 1. The Balaban J connectivity index is 2.38. The van der Waals surface area contributed by atoms with Crippen molar-refractivity contribution in [2.45, 2.75) is 45.1 Å². The molecular formula is C10H16O2. The van der Waals surface area contributed by atoms with Crippen LogP contribution in [0.25, 0.3) is 0 Å². The summed E-state index contributed by atoms with van der Waals surface area (Å²) >= 11 is 0. The minimum absolute atomic E-state index is 0.0304. The summed E-state index contributed by atoms with van der Waals surface area (Å²) in [4.78, 5) is 10.7. The molecule has 0 aromatic heterocycles. The lowest BCUT2D eigenvalue weighted by Gasteiger charge is -2.14. The molecule has 0 bridgehead atoms. The van der Waals surface area contributed by atoms with Crippen LogP contribution in [0.1, 0.15) is 39.0 Å². The monoisotopic (exact) mass is 168 g/mol. The summed E-state index contributed by atoms with van der Waals surface area (Å²) in [6.45, 7) is 1.46. The molecule has 0 aliphatic heterocycles. The molecule has 0 radical (unpaired) electrons. The second-order valence-electron chi connectivity index (χ2n) is 3.21. The van der Waals surface area contributed by atoms with Crippen molar-refractivity contribution < 1.29 is 9.53 Å². The van der Waals surface area contributed by atoms with Crippen LogP contribution in [-0.4, -0.2) is 12.1 Å². The number of hydrogen-bond donors (Lipinski definition) is 0. The van der Waals surface area contributed by atoms with Gasteiger partial charge in [0.05, 0.1) is 0 Å². The van der Waals surface area contributed by atoms with Gasteiger partial charge in [-0.25, -0.2) is 0 Å². The minimum atomic E-state index is -0.176. The summed E-state index contributed by atoms with van der Waals surface area (Å²) < 4.78 is 5.10. The maximum atomic E-state index is 10.7. The Bertz CT molecular complexity index is 173. The van der Waals surface area contributed by atoms with Crippen LogP contribution in [0, 0.1) is 0 Å². The molecule has 1 aliphatic rings. The van der Waals surface area contributed by atoms with Gasteiger partial charge in [0.2, 0.25) is 0 Å². The van der Waals surface area contributed by atoms with Gasteiger partial charge in [-0.2, -0.15) is 0 Å². The molecule has 0 unspecified atom stereocenters. The van der Waals surface area contributed by atoms with E-state index in [1.54, 1.807) is 0 Å². The summed E-state index contributed by atoms with van der Waals surface area (Å²) in [5, 5.41) is 0. The highest BCUT2D eigenvalue weighted by atomic mass is 16.5. The van der Waals surface area contributed by atoms with E-state index in [1.165, 1.54) is 26.2 Å². The summed E-state index contributed by atoms with van der Waals surface area (Å²) in [6.07, 6.45) is 9.96. The Kier molecular flexibility index (Phi) is 3.85. The Labute approximate surface area is 73.6 Å². The molecule has 0 saturated carbocycles. The van der Waals surface area contributed by atoms with Crippen molar-refractivity contribution in [3.8, 4) is 0 Å². The molecule has 0 heterocycles. The third kappa shape index (κ3) is 3.56. The van der Waals surface area contributed by atoms with Crippen molar-refractivity contribution in [1.29, 1.82) is 0 Å². The van der Waals surface area contributed by atoms with Crippen LogP contribution >= 0.6 is 0 Å². The van der Waals surface area contributed by atoms with Crippen LogP contribution in [0.15, 0.2) is 12.2 Å². The van der Waals surface area contributed by atoms with Gasteiger partial charge >= 0.3 is 5.97 Å². The topological polar surface area (TPSA) is 26.3 Å². The van der Waals surface area contributed by atoms with Gasteiger partial charge < -0.3 is 4.74 Å². The molecule has 2 nitrogen and oxygen atoms in total. The average Bonchev–Trinajstić information content (AvgIpc) is 1.93. The molecule has 0 amide bonds. The normalized spacial score (nSPS) is 24.2. The van der Waals surface area contributed by atoms with E-state index >= 15 is 0 Å². The lowest BCUT2D eigenvalue weighted by molar-refractivity contribution is -0.144. The molecular weight excluding hydrogens is 152 g/mol. The van der Waals surface area contributed by atoms with Gasteiger partial charge in [-0.05, 0) is 31.8 Å². The van der Waals surface area contributed by atoms with Gasteiger partial charge in [0.15, 0.2) is 0 Å². The zero-order chi connectivity index (χ0) is 8.81. The summed E-state index contributed by atoms with van der Waals surface area (Å²) in [7, 11) is 0. The first-order valence-electron chi connectivity index (χ1n) is 4.63. The van der Waals surface area contributed by atoms with Crippen molar-refractivity contribution in [3.63, 3.8) is 0 Å². The smallest absolute Gasteiger partial charge is 0.303 e. The van der Waals surface area contributed by atoms with Crippen molar-refractivity contribution in [2.75, 3.05) is 0 Å². The van der Waals surface area contributed by atoms with E-state index in [9.17, 15) is 4.79 Å². The Morgan fingerprint density at radius 1 is 1.42 bits per heavy atom. The number of hydrogen-bond acceptors (Lipinski definition) is 2. The Morgan fingerprint density at radius 2 is 2.25 bits per heavy atom. The molecule has 0 fully saturated rings. The number of carbonyl (C=O) groups is 1. The van der Waals surface area contributed by atoms with E-state index in [4.69, 9.17) is 4.74 Å². The van der Waals surface area contributed by atoms with Gasteiger partial charge in [-0.15, -0.1) is 0 Å². The fraction of sp³-hybridized carbons (Fsp3) is 0.700. The van der Waals surface area contributed by atoms with Gasteiger partial charge in [0.1, 0.15) is 6.10 Å². The van der Waals surface area contributed by atoms with E-state index in [1.807, 2.05) is 6.08 Å². The largest absolute Gasteiger partial charge is 0.458 e. The Morgan fingerprint density at radius 3 is 3.00 bits per heavy atom. The zero-order valence-corrected chi connectivity index (χ0v) is 7.58. The molecule has 0 N–H and O–H groups in total. The number of rotatable bonds is 1. The van der Waals surface area contributed by atoms with Crippen LogP contribution in [0.5, 0.6) is 0 Å². The van der Waals surface area contributed by atoms with Gasteiger partial charge in [0.25, 0.3) is 0 Å². The van der Waals surface area contributed by atoms with Gasteiger partial charge in [-0.3, -0.25) is 4.79 Å². The van der Waals surface area contributed by atoms with Crippen LogP contribution in [0.3, 0.4) is 0 Å². The average molecular weight is 168 g/mol. The highest BCUT2D eigenvalue weighted by molar-refractivity contribution is 5.66. The second-order valence-corrected chi connectivity index (χ2v) is 3.21. The zero-order valence-electron chi connectivity index (χ0n) is 7.58. The molecule has 1 atom stereocenters. The Hall–Kier alpha value is -0.790. The van der Waals surface area contributed by atoms with Crippen molar-refractivity contribution in [1.82, 2.24) is 0 Å². The quantitative estimate of drug-likeness (QED) is 0.444. The maximum Gasteiger partial charge on any atom is 0.303 e. The molecule has 2 heteroatoms. The van der Waals surface area contributed by atoms with Gasteiger partial charge in [0, 0.05) is 6.92 Å². The minimum Gasteiger partial charge on any atom is -0.458 e. The van der Waals surface area contributed by atoms with Crippen LogP contribution < -0.4 is 0 Å².